The molecule has 2 aromatic rings. The Morgan fingerprint density at radius 3 is 2.24 bits per heavy atom. The molecule has 130 valence electrons. The predicted molar refractivity (Wildman–Crippen MR) is 96.7 cm³/mol. The Morgan fingerprint density at radius 2 is 1.68 bits per heavy atom. The van der Waals surface area contributed by atoms with Gasteiger partial charge in [0.05, 0.1) is 13.2 Å². The van der Waals surface area contributed by atoms with Crippen LogP contribution in [-0.4, -0.2) is 18.9 Å². The highest BCUT2D eigenvalue weighted by atomic mass is 16.5. The number of rotatable bonds is 6. The second-order valence-electron chi connectivity index (χ2n) is 6.31. The van der Waals surface area contributed by atoms with Gasteiger partial charge in [0.2, 0.25) is 5.91 Å². The molecule has 0 aliphatic heterocycles. The summed E-state index contributed by atoms with van der Waals surface area (Å²) in [6.45, 7) is 1.93. The van der Waals surface area contributed by atoms with Gasteiger partial charge in [-0.2, -0.15) is 0 Å². The van der Waals surface area contributed by atoms with Gasteiger partial charge in [-0.05, 0) is 61.7 Å². The molecule has 2 aromatic carbocycles. The van der Waals surface area contributed by atoms with E-state index in [0.717, 1.165) is 24.1 Å². The molecular formula is C20H22N2O3. The van der Waals surface area contributed by atoms with Crippen LogP contribution in [0.1, 0.15) is 41.7 Å². The molecule has 1 aliphatic rings. The largest absolute Gasteiger partial charge is 0.497 e. The Morgan fingerprint density at radius 1 is 1.04 bits per heavy atom. The van der Waals surface area contributed by atoms with Gasteiger partial charge in [-0.15, -0.1) is 0 Å². The zero-order valence-electron chi connectivity index (χ0n) is 14.4. The Hall–Kier alpha value is -2.82. The standard InChI is InChI=1S/C20H22N2O3/c1-13(21-19(23)16-7-11-18(25-2)12-8-16)14-5-9-17(10-6-14)22-20(24)15-3-4-15/h5-13,15H,3-4H2,1-2H3,(H,21,23)(H,22,24). The number of hydrogen-bond acceptors (Lipinski definition) is 3. The van der Waals surface area contributed by atoms with Crippen molar-refractivity contribution < 1.29 is 14.3 Å². The highest BCUT2D eigenvalue weighted by Crippen LogP contribution is 2.30. The lowest BCUT2D eigenvalue weighted by molar-refractivity contribution is -0.117. The van der Waals surface area contributed by atoms with Crippen molar-refractivity contribution in [2.24, 2.45) is 5.92 Å². The summed E-state index contributed by atoms with van der Waals surface area (Å²) in [5.41, 5.74) is 2.35. The van der Waals surface area contributed by atoms with Crippen LogP contribution >= 0.6 is 0 Å². The van der Waals surface area contributed by atoms with Gasteiger partial charge in [-0.1, -0.05) is 12.1 Å². The van der Waals surface area contributed by atoms with E-state index >= 15 is 0 Å². The Balaban J connectivity index is 1.58. The highest BCUT2D eigenvalue weighted by Gasteiger charge is 2.29. The predicted octanol–water partition coefficient (Wildman–Crippen LogP) is 3.53. The third-order valence-corrected chi connectivity index (χ3v) is 4.33. The third kappa shape index (κ3) is 4.38. The summed E-state index contributed by atoms with van der Waals surface area (Å²) in [5, 5.41) is 5.88. The lowest BCUT2D eigenvalue weighted by Crippen LogP contribution is -2.26. The van der Waals surface area contributed by atoms with Gasteiger partial charge >= 0.3 is 0 Å². The number of ether oxygens (including phenoxy) is 1. The molecule has 0 spiro atoms. The van der Waals surface area contributed by atoms with E-state index < -0.39 is 0 Å². The van der Waals surface area contributed by atoms with Crippen LogP contribution in [0, 0.1) is 5.92 Å². The van der Waals surface area contributed by atoms with E-state index in [9.17, 15) is 9.59 Å². The van der Waals surface area contributed by atoms with Crippen molar-refractivity contribution >= 4 is 17.5 Å². The fourth-order valence-electron chi connectivity index (χ4n) is 2.55. The summed E-state index contributed by atoms with van der Waals surface area (Å²) in [4.78, 5) is 24.1. The van der Waals surface area contributed by atoms with Crippen molar-refractivity contribution in [1.82, 2.24) is 5.32 Å². The van der Waals surface area contributed by atoms with Gasteiger partial charge in [0, 0.05) is 17.2 Å². The van der Waals surface area contributed by atoms with Gasteiger partial charge in [-0.25, -0.2) is 0 Å². The van der Waals surface area contributed by atoms with Crippen molar-refractivity contribution in [3.63, 3.8) is 0 Å². The quantitative estimate of drug-likeness (QED) is 0.846. The minimum Gasteiger partial charge on any atom is -0.497 e. The zero-order valence-corrected chi connectivity index (χ0v) is 14.4. The SMILES string of the molecule is COc1ccc(C(=O)NC(C)c2ccc(NC(=O)C3CC3)cc2)cc1. The zero-order chi connectivity index (χ0) is 17.8. The molecule has 2 N–H and O–H groups in total. The topological polar surface area (TPSA) is 67.4 Å². The number of hydrogen-bond donors (Lipinski definition) is 2. The van der Waals surface area contributed by atoms with E-state index in [1.807, 2.05) is 31.2 Å². The Labute approximate surface area is 147 Å². The average molecular weight is 338 g/mol. The Bertz CT molecular complexity index is 750. The first-order valence-electron chi connectivity index (χ1n) is 8.42. The van der Waals surface area contributed by atoms with Crippen molar-refractivity contribution in [3.8, 4) is 5.75 Å². The molecule has 0 radical (unpaired) electrons. The van der Waals surface area contributed by atoms with E-state index in [2.05, 4.69) is 10.6 Å². The van der Waals surface area contributed by atoms with Crippen LogP contribution in [0.5, 0.6) is 5.75 Å². The van der Waals surface area contributed by atoms with Gasteiger partial charge in [0.1, 0.15) is 5.75 Å². The van der Waals surface area contributed by atoms with E-state index in [1.54, 1.807) is 31.4 Å². The van der Waals surface area contributed by atoms with Crippen molar-refractivity contribution in [3.05, 3.63) is 59.7 Å². The summed E-state index contributed by atoms with van der Waals surface area (Å²) in [7, 11) is 1.59. The smallest absolute Gasteiger partial charge is 0.251 e. The van der Waals surface area contributed by atoms with Crippen LogP contribution in [-0.2, 0) is 4.79 Å². The Kier molecular flexibility index (Phi) is 5.03. The first-order valence-corrected chi connectivity index (χ1v) is 8.42. The number of methoxy groups -OCH3 is 1. The van der Waals surface area contributed by atoms with Crippen LogP contribution in [0.4, 0.5) is 5.69 Å². The third-order valence-electron chi connectivity index (χ3n) is 4.33. The molecule has 0 aromatic heterocycles. The maximum Gasteiger partial charge on any atom is 0.251 e. The summed E-state index contributed by atoms with van der Waals surface area (Å²) < 4.78 is 5.09. The molecule has 5 nitrogen and oxygen atoms in total. The van der Waals surface area contributed by atoms with Crippen LogP contribution in [0.25, 0.3) is 0 Å². The first-order chi connectivity index (χ1) is 12.1. The molecule has 0 bridgehead atoms. The van der Waals surface area contributed by atoms with E-state index in [1.165, 1.54) is 0 Å². The number of carbonyl (C=O) groups excluding carboxylic acids is 2. The fourth-order valence-corrected chi connectivity index (χ4v) is 2.55. The average Bonchev–Trinajstić information content (AvgIpc) is 3.47. The molecule has 1 aliphatic carbocycles. The lowest BCUT2D eigenvalue weighted by atomic mass is 10.1. The molecular weight excluding hydrogens is 316 g/mol. The highest BCUT2D eigenvalue weighted by molar-refractivity contribution is 5.95. The summed E-state index contributed by atoms with van der Waals surface area (Å²) in [6.07, 6.45) is 1.97. The molecule has 1 atom stereocenters. The molecule has 1 saturated carbocycles. The van der Waals surface area contributed by atoms with Crippen molar-refractivity contribution in [2.75, 3.05) is 12.4 Å². The van der Waals surface area contributed by atoms with Crippen LogP contribution in [0.2, 0.25) is 0 Å². The molecule has 5 heteroatoms. The van der Waals surface area contributed by atoms with Crippen molar-refractivity contribution in [1.29, 1.82) is 0 Å². The molecule has 3 rings (SSSR count). The summed E-state index contributed by atoms with van der Waals surface area (Å²) in [6, 6.07) is 14.4. The lowest BCUT2D eigenvalue weighted by Gasteiger charge is -2.15. The minimum absolute atomic E-state index is 0.0913. The van der Waals surface area contributed by atoms with Gasteiger partial charge in [0.25, 0.3) is 5.91 Å². The first kappa shape index (κ1) is 17.0. The van der Waals surface area contributed by atoms with Gasteiger partial charge in [-0.3, -0.25) is 9.59 Å². The molecule has 0 heterocycles. The maximum atomic E-state index is 12.3. The molecule has 0 saturated heterocycles. The van der Waals surface area contributed by atoms with Gasteiger partial charge in [0.15, 0.2) is 0 Å². The second-order valence-corrected chi connectivity index (χ2v) is 6.31. The summed E-state index contributed by atoms with van der Waals surface area (Å²) in [5.74, 6) is 0.852. The number of amides is 2. The molecule has 2 amide bonds. The second kappa shape index (κ2) is 7.38. The molecule has 25 heavy (non-hydrogen) atoms. The van der Waals surface area contributed by atoms with Crippen LogP contribution in [0.3, 0.4) is 0 Å². The van der Waals surface area contributed by atoms with E-state index in [0.29, 0.717) is 11.3 Å². The monoisotopic (exact) mass is 338 g/mol. The van der Waals surface area contributed by atoms with E-state index in [-0.39, 0.29) is 23.8 Å². The minimum atomic E-state index is -0.138. The number of nitrogens with one attached hydrogen (secondary N) is 2. The van der Waals surface area contributed by atoms with Crippen LogP contribution < -0.4 is 15.4 Å². The van der Waals surface area contributed by atoms with E-state index in [4.69, 9.17) is 4.74 Å². The fraction of sp³-hybridized carbons (Fsp3) is 0.300. The number of carbonyl (C=O) groups is 2. The normalized spacial score (nSPS) is 14.5. The van der Waals surface area contributed by atoms with Gasteiger partial charge < -0.3 is 15.4 Å². The number of anilines is 1. The molecule has 1 unspecified atom stereocenters. The van der Waals surface area contributed by atoms with Crippen molar-refractivity contribution in [2.45, 2.75) is 25.8 Å². The van der Waals surface area contributed by atoms with Crippen LogP contribution in [0.15, 0.2) is 48.5 Å². The molecule has 1 fully saturated rings. The number of benzene rings is 2. The summed E-state index contributed by atoms with van der Waals surface area (Å²) >= 11 is 0. The maximum absolute atomic E-state index is 12.3.